The van der Waals surface area contributed by atoms with E-state index in [1.807, 2.05) is 19.1 Å². The predicted molar refractivity (Wildman–Crippen MR) is 74.8 cm³/mol. The van der Waals surface area contributed by atoms with Crippen LogP contribution in [0.25, 0.3) is 0 Å². The fourth-order valence-electron chi connectivity index (χ4n) is 2.15. The summed E-state index contributed by atoms with van der Waals surface area (Å²) in [5.74, 6) is 0.780. The van der Waals surface area contributed by atoms with Crippen molar-refractivity contribution in [2.75, 3.05) is 24.3 Å². The fraction of sp³-hybridized carbons (Fsp3) is 0.571. The molecule has 0 saturated carbocycles. The molecule has 0 spiro atoms. The number of rotatable bonds is 6. The Balaban J connectivity index is 3.00. The molecular formula is C14H24N2O. The molecule has 0 fully saturated rings. The summed E-state index contributed by atoms with van der Waals surface area (Å²) in [5, 5.41) is 0. The third-order valence-corrected chi connectivity index (χ3v) is 3.21. The van der Waals surface area contributed by atoms with Crippen LogP contribution in [0.2, 0.25) is 0 Å². The monoisotopic (exact) mass is 236 g/mol. The van der Waals surface area contributed by atoms with Gasteiger partial charge in [0.05, 0.1) is 18.0 Å². The minimum atomic E-state index is 0.522. The zero-order valence-corrected chi connectivity index (χ0v) is 11.4. The summed E-state index contributed by atoms with van der Waals surface area (Å²) in [5.41, 5.74) is 7.95. The highest BCUT2D eigenvalue weighted by atomic mass is 16.5. The molecule has 0 bridgehead atoms. The summed E-state index contributed by atoms with van der Waals surface area (Å²) in [6.07, 6.45) is 2.23. The molecule has 0 heterocycles. The second kappa shape index (κ2) is 6.38. The zero-order chi connectivity index (χ0) is 12.8. The molecule has 0 aliphatic heterocycles. The van der Waals surface area contributed by atoms with Gasteiger partial charge in [0, 0.05) is 13.1 Å². The van der Waals surface area contributed by atoms with Gasteiger partial charge in [0.2, 0.25) is 0 Å². The molecule has 3 nitrogen and oxygen atoms in total. The van der Waals surface area contributed by atoms with Crippen LogP contribution in [0.15, 0.2) is 18.2 Å². The van der Waals surface area contributed by atoms with Gasteiger partial charge in [-0.15, -0.1) is 0 Å². The lowest BCUT2D eigenvalue weighted by Crippen LogP contribution is -2.31. The molecule has 0 aromatic heterocycles. The first-order valence-electron chi connectivity index (χ1n) is 6.39. The molecule has 0 aliphatic carbocycles. The van der Waals surface area contributed by atoms with Crippen LogP contribution in [-0.2, 0) is 0 Å². The number of nitrogens with zero attached hydrogens (tertiary/aromatic N) is 1. The molecule has 0 atom stereocenters. The van der Waals surface area contributed by atoms with E-state index in [1.165, 1.54) is 0 Å². The fourth-order valence-corrected chi connectivity index (χ4v) is 2.15. The molecule has 17 heavy (non-hydrogen) atoms. The van der Waals surface area contributed by atoms with Crippen molar-refractivity contribution in [2.45, 2.75) is 39.7 Å². The van der Waals surface area contributed by atoms with E-state index >= 15 is 0 Å². The average molecular weight is 236 g/mol. The van der Waals surface area contributed by atoms with Crippen LogP contribution in [0.1, 0.15) is 33.6 Å². The van der Waals surface area contributed by atoms with Crippen LogP contribution in [0.4, 0.5) is 11.4 Å². The van der Waals surface area contributed by atoms with Crippen LogP contribution in [0, 0.1) is 0 Å². The summed E-state index contributed by atoms with van der Waals surface area (Å²) < 4.78 is 5.52. The molecule has 0 amide bonds. The molecule has 0 saturated heterocycles. The number of nitrogens with two attached hydrogens (primary N) is 1. The first kappa shape index (κ1) is 13.7. The minimum absolute atomic E-state index is 0.522. The zero-order valence-electron chi connectivity index (χ0n) is 11.4. The van der Waals surface area contributed by atoms with Crippen LogP contribution in [0.5, 0.6) is 5.75 Å². The van der Waals surface area contributed by atoms with Crippen molar-refractivity contribution in [3.8, 4) is 5.75 Å². The lowest BCUT2D eigenvalue weighted by Gasteiger charge is -2.30. The Bertz CT molecular complexity index is 348. The standard InChI is InChI=1S/C14H24N2O/c1-5-11(6-2)16(4)12-9-8-10-13(14(12)15)17-7-3/h8-11H,5-7,15H2,1-4H3. The van der Waals surface area contributed by atoms with Gasteiger partial charge >= 0.3 is 0 Å². The Kier molecular flexibility index (Phi) is 5.13. The van der Waals surface area contributed by atoms with Gasteiger partial charge < -0.3 is 15.4 Å². The summed E-state index contributed by atoms with van der Waals surface area (Å²) in [6, 6.07) is 6.49. The third-order valence-electron chi connectivity index (χ3n) is 3.21. The number of nitrogen functional groups attached to an aromatic ring is 1. The van der Waals surface area contributed by atoms with Crippen molar-refractivity contribution in [1.82, 2.24) is 0 Å². The van der Waals surface area contributed by atoms with Crippen molar-refractivity contribution in [1.29, 1.82) is 0 Å². The molecular weight excluding hydrogens is 212 g/mol. The maximum absolute atomic E-state index is 6.15. The van der Waals surface area contributed by atoms with Crippen molar-refractivity contribution in [3.05, 3.63) is 18.2 Å². The van der Waals surface area contributed by atoms with Gasteiger partial charge in [-0.05, 0) is 31.9 Å². The first-order chi connectivity index (χ1) is 8.15. The first-order valence-corrected chi connectivity index (χ1v) is 6.39. The minimum Gasteiger partial charge on any atom is -0.492 e. The highest BCUT2D eigenvalue weighted by molar-refractivity contribution is 5.74. The van der Waals surface area contributed by atoms with Crippen LogP contribution in [-0.4, -0.2) is 19.7 Å². The largest absolute Gasteiger partial charge is 0.492 e. The maximum Gasteiger partial charge on any atom is 0.144 e. The molecule has 3 heteroatoms. The second-order valence-corrected chi connectivity index (χ2v) is 4.20. The van der Waals surface area contributed by atoms with E-state index < -0.39 is 0 Å². The molecule has 96 valence electrons. The quantitative estimate of drug-likeness (QED) is 0.770. The number of ether oxygens (including phenoxy) is 1. The number of benzene rings is 1. The van der Waals surface area contributed by atoms with E-state index in [-0.39, 0.29) is 0 Å². The van der Waals surface area contributed by atoms with E-state index in [9.17, 15) is 0 Å². The topological polar surface area (TPSA) is 38.5 Å². The molecule has 1 aromatic carbocycles. The number of para-hydroxylation sites is 1. The molecule has 0 radical (unpaired) electrons. The highest BCUT2D eigenvalue weighted by Crippen LogP contribution is 2.33. The Morgan fingerprint density at radius 1 is 1.24 bits per heavy atom. The van der Waals surface area contributed by atoms with Gasteiger partial charge in [-0.2, -0.15) is 0 Å². The Morgan fingerprint density at radius 2 is 1.88 bits per heavy atom. The molecule has 1 aromatic rings. The van der Waals surface area contributed by atoms with E-state index in [2.05, 4.69) is 31.9 Å². The number of hydrogen-bond donors (Lipinski definition) is 1. The second-order valence-electron chi connectivity index (χ2n) is 4.20. The average Bonchev–Trinajstić information content (AvgIpc) is 2.33. The van der Waals surface area contributed by atoms with Crippen molar-refractivity contribution < 1.29 is 4.74 Å². The van der Waals surface area contributed by atoms with Crippen LogP contribution < -0.4 is 15.4 Å². The summed E-state index contributed by atoms with van der Waals surface area (Å²) in [7, 11) is 2.10. The van der Waals surface area contributed by atoms with Gasteiger partial charge in [-0.1, -0.05) is 19.9 Å². The van der Waals surface area contributed by atoms with E-state index in [0.29, 0.717) is 12.6 Å². The summed E-state index contributed by atoms with van der Waals surface area (Å²) >= 11 is 0. The predicted octanol–water partition coefficient (Wildman–Crippen LogP) is 3.29. The normalized spacial score (nSPS) is 10.6. The molecule has 2 N–H and O–H groups in total. The Hall–Kier alpha value is -1.38. The number of hydrogen-bond acceptors (Lipinski definition) is 3. The van der Waals surface area contributed by atoms with Crippen molar-refractivity contribution >= 4 is 11.4 Å². The van der Waals surface area contributed by atoms with Gasteiger partial charge in [-0.3, -0.25) is 0 Å². The van der Waals surface area contributed by atoms with Crippen LogP contribution in [0.3, 0.4) is 0 Å². The Morgan fingerprint density at radius 3 is 2.41 bits per heavy atom. The van der Waals surface area contributed by atoms with Gasteiger partial charge in [0.15, 0.2) is 0 Å². The maximum atomic E-state index is 6.15. The Labute approximate surface area is 105 Å². The highest BCUT2D eigenvalue weighted by Gasteiger charge is 2.15. The van der Waals surface area contributed by atoms with Crippen molar-refractivity contribution in [3.63, 3.8) is 0 Å². The van der Waals surface area contributed by atoms with Gasteiger partial charge in [0.1, 0.15) is 5.75 Å². The van der Waals surface area contributed by atoms with Gasteiger partial charge in [0.25, 0.3) is 0 Å². The lowest BCUT2D eigenvalue weighted by molar-refractivity contribution is 0.342. The van der Waals surface area contributed by atoms with E-state index in [1.54, 1.807) is 0 Å². The van der Waals surface area contributed by atoms with E-state index in [4.69, 9.17) is 10.5 Å². The number of anilines is 2. The smallest absolute Gasteiger partial charge is 0.144 e. The third kappa shape index (κ3) is 3.05. The van der Waals surface area contributed by atoms with E-state index in [0.717, 1.165) is 30.0 Å². The molecule has 0 unspecified atom stereocenters. The van der Waals surface area contributed by atoms with Crippen molar-refractivity contribution in [2.24, 2.45) is 0 Å². The van der Waals surface area contributed by atoms with Gasteiger partial charge in [-0.25, -0.2) is 0 Å². The molecule has 1 rings (SSSR count). The summed E-state index contributed by atoms with van der Waals surface area (Å²) in [4.78, 5) is 2.25. The van der Waals surface area contributed by atoms with Crippen LogP contribution >= 0.6 is 0 Å². The SMILES string of the molecule is CCOc1cccc(N(C)C(CC)CC)c1N. The molecule has 0 aliphatic rings. The lowest BCUT2D eigenvalue weighted by atomic mass is 10.1. The summed E-state index contributed by atoms with van der Waals surface area (Å²) in [6.45, 7) is 7.01.